The maximum Gasteiger partial charge on any atom is 0.270 e. The molecule has 1 heterocycles. The molecule has 0 N–H and O–H groups in total. The number of nitrogens with zero attached hydrogens (tertiary/aromatic N) is 4. The van der Waals surface area contributed by atoms with E-state index in [1.165, 1.54) is 18.2 Å². The number of pyridine rings is 1. The predicted molar refractivity (Wildman–Crippen MR) is 103 cm³/mol. The lowest BCUT2D eigenvalue weighted by Crippen LogP contribution is -2.47. The number of hydrogen-bond acceptors (Lipinski definition) is 6. The largest absolute Gasteiger partial charge is 0.758 e. The molecular formula is C18H20N4O3S. The van der Waals surface area contributed by atoms with Crippen molar-refractivity contribution in [1.29, 1.82) is 0 Å². The SMILES string of the molecule is CCN=C([S-])C(C(=O)c1cccc([N+](=O)[O-])c1)[n+]1ccc(N(C)C)cc1. The lowest BCUT2D eigenvalue weighted by molar-refractivity contribution is -0.691. The fourth-order valence-electron chi connectivity index (χ4n) is 2.45. The van der Waals surface area contributed by atoms with E-state index in [4.69, 9.17) is 12.6 Å². The highest BCUT2D eigenvalue weighted by molar-refractivity contribution is 7.77. The number of nitro groups is 1. The van der Waals surface area contributed by atoms with E-state index in [0.29, 0.717) is 6.54 Å². The summed E-state index contributed by atoms with van der Waals surface area (Å²) < 4.78 is 1.68. The van der Waals surface area contributed by atoms with Crippen LogP contribution in [0.25, 0.3) is 0 Å². The minimum atomic E-state index is -0.830. The van der Waals surface area contributed by atoms with Crippen LogP contribution in [0.1, 0.15) is 23.3 Å². The summed E-state index contributed by atoms with van der Waals surface area (Å²) in [4.78, 5) is 29.7. The molecule has 0 aliphatic carbocycles. The van der Waals surface area contributed by atoms with Crippen LogP contribution in [0.4, 0.5) is 11.4 Å². The Morgan fingerprint density at radius 3 is 2.50 bits per heavy atom. The Morgan fingerprint density at radius 2 is 1.96 bits per heavy atom. The van der Waals surface area contributed by atoms with E-state index in [9.17, 15) is 14.9 Å². The molecule has 0 spiro atoms. The first kappa shape index (κ1) is 19.5. The first-order valence-corrected chi connectivity index (χ1v) is 8.44. The number of aliphatic imine (C=N–C) groups is 1. The number of Topliss-reactive ketones (excluding diaryl/α,β-unsaturated/α-hetero) is 1. The zero-order valence-corrected chi connectivity index (χ0v) is 15.6. The molecule has 0 fully saturated rings. The second kappa shape index (κ2) is 8.48. The van der Waals surface area contributed by atoms with Gasteiger partial charge in [0, 0.05) is 56.2 Å². The van der Waals surface area contributed by atoms with Gasteiger partial charge >= 0.3 is 0 Å². The van der Waals surface area contributed by atoms with Crippen molar-refractivity contribution in [3.63, 3.8) is 0 Å². The van der Waals surface area contributed by atoms with Gasteiger partial charge < -0.3 is 22.5 Å². The highest BCUT2D eigenvalue weighted by Crippen LogP contribution is 2.18. The predicted octanol–water partition coefficient (Wildman–Crippen LogP) is 2.34. The lowest BCUT2D eigenvalue weighted by Gasteiger charge is -2.19. The van der Waals surface area contributed by atoms with Crippen LogP contribution in [0.3, 0.4) is 0 Å². The molecule has 8 heteroatoms. The van der Waals surface area contributed by atoms with E-state index in [0.717, 1.165) is 5.69 Å². The quantitative estimate of drug-likeness (QED) is 0.142. The molecule has 0 aliphatic rings. The van der Waals surface area contributed by atoms with Crippen molar-refractivity contribution in [3.8, 4) is 0 Å². The van der Waals surface area contributed by atoms with Crippen molar-refractivity contribution in [2.45, 2.75) is 13.0 Å². The summed E-state index contributed by atoms with van der Waals surface area (Å²) >= 11 is 5.35. The van der Waals surface area contributed by atoms with Crippen molar-refractivity contribution >= 4 is 34.8 Å². The van der Waals surface area contributed by atoms with Crippen LogP contribution in [0.2, 0.25) is 0 Å². The smallest absolute Gasteiger partial charge is 0.270 e. The summed E-state index contributed by atoms with van der Waals surface area (Å²) in [5, 5.41) is 11.2. The monoisotopic (exact) mass is 372 g/mol. The molecule has 136 valence electrons. The molecule has 1 aromatic carbocycles. The number of rotatable bonds is 7. The van der Waals surface area contributed by atoms with Gasteiger partial charge in [0.25, 0.3) is 5.69 Å². The van der Waals surface area contributed by atoms with Crippen LogP contribution in [0.15, 0.2) is 53.8 Å². The average Bonchev–Trinajstić information content (AvgIpc) is 2.62. The van der Waals surface area contributed by atoms with Crippen molar-refractivity contribution in [3.05, 3.63) is 64.5 Å². The third-order valence-electron chi connectivity index (χ3n) is 3.79. The molecule has 0 bridgehead atoms. The zero-order chi connectivity index (χ0) is 19.3. The van der Waals surface area contributed by atoms with E-state index < -0.39 is 11.0 Å². The molecule has 2 rings (SSSR count). The van der Waals surface area contributed by atoms with E-state index in [1.807, 2.05) is 38.1 Å². The molecule has 1 atom stereocenters. The van der Waals surface area contributed by atoms with Gasteiger partial charge in [-0.2, -0.15) is 4.57 Å². The Morgan fingerprint density at radius 1 is 1.31 bits per heavy atom. The van der Waals surface area contributed by atoms with Gasteiger partial charge in [-0.05, 0) is 12.0 Å². The third kappa shape index (κ3) is 4.40. The summed E-state index contributed by atoms with van der Waals surface area (Å²) in [5.74, 6) is -0.335. The average molecular weight is 372 g/mol. The number of aromatic nitrogens is 1. The number of ketones is 1. The van der Waals surface area contributed by atoms with Gasteiger partial charge in [0.2, 0.25) is 11.8 Å². The van der Waals surface area contributed by atoms with E-state index in [-0.39, 0.29) is 22.1 Å². The summed E-state index contributed by atoms with van der Waals surface area (Å²) in [6, 6.07) is 8.54. The molecule has 1 unspecified atom stereocenters. The normalized spacial score (nSPS) is 12.5. The fourth-order valence-corrected chi connectivity index (χ4v) is 2.81. The van der Waals surface area contributed by atoms with Gasteiger partial charge in [-0.1, -0.05) is 12.1 Å². The zero-order valence-electron chi connectivity index (χ0n) is 14.8. The van der Waals surface area contributed by atoms with Crippen LogP contribution >= 0.6 is 0 Å². The van der Waals surface area contributed by atoms with E-state index in [2.05, 4.69) is 4.99 Å². The molecule has 0 saturated carbocycles. The minimum absolute atomic E-state index is 0.138. The maximum atomic E-state index is 13.1. The Labute approximate surface area is 157 Å². The number of nitro benzene ring substituents is 1. The number of benzene rings is 1. The number of hydrogen-bond donors (Lipinski definition) is 0. The fraction of sp³-hybridized carbons (Fsp3) is 0.278. The minimum Gasteiger partial charge on any atom is -0.758 e. The van der Waals surface area contributed by atoms with Crippen LogP contribution < -0.4 is 9.47 Å². The second-order valence-corrected chi connectivity index (χ2v) is 6.20. The highest BCUT2D eigenvalue weighted by atomic mass is 32.1. The van der Waals surface area contributed by atoms with Crippen molar-refractivity contribution in [1.82, 2.24) is 0 Å². The van der Waals surface area contributed by atoms with Crippen LogP contribution in [-0.4, -0.2) is 36.4 Å². The first-order chi connectivity index (χ1) is 12.3. The van der Waals surface area contributed by atoms with Gasteiger partial charge in [0.15, 0.2) is 12.4 Å². The Balaban J connectivity index is 2.47. The molecule has 0 amide bonds. The topological polar surface area (TPSA) is 79.7 Å². The number of anilines is 1. The molecule has 26 heavy (non-hydrogen) atoms. The van der Waals surface area contributed by atoms with E-state index >= 15 is 0 Å². The second-order valence-electron chi connectivity index (χ2n) is 5.78. The molecular weight excluding hydrogens is 352 g/mol. The molecule has 2 aromatic rings. The maximum absolute atomic E-state index is 13.1. The van der Waals surface area contributed by atoms with Gasteiger partial charge in [0.05, 0.1) is 4.92 Å². The summed E-state index contributed by atoms with van der Waals surface area (Å²) in [6.45, 7) is 2.29. The molecule has 0 radical (unpaired) electrons. The van der Waals surface area contributed by atoms with Gasteiger partial charge in [-0.25, -0.2) is 0 Å². The lowest BCUT2D eigenvalue weighted by atomic mass is 10.0. The summed E-state index contributed by atoms with van der Waals surface area (Å²) in [6.07, 6.45) is 3.51. The Kier molecular flexibility index (Phi) is 6.35. The third-order valence-corrected chi connectivity index (χ3v) is 4.14. The number of carbonyl (C=O) groups excluding carboxylic acids is 1. The first-order valence-electron chi connectivity index (χ1n) is 8.03. The molecule has 0 saturated heterocycles. The van der Waals surface area contributed by atoms with Crippen LogP contribution in [0.5, 0.6) is 0 Å². The standard InChI is InChI=1S/C18H20N4O3S/c1-4-19-18(26)16(21-10-8-14(9-11-21)20(2)3)17(23)13-6-5-7-15(12-13)22(24)25/h5-12,16H,4H2,1-3H3. The highest BCUT2D eigenvalue weighted by Gasteiger charge is 2.29. The van der Waals surface area contributed by atoms with E-state index in [1.54, 1.807) is 23.0 Å². The molecule has 1 aromatic heterocycles. The Hall–Kier alpha value is -2.87. The van der Waals surface area contributed by atoms with Crippen molar-refractivity contribution < 1.29 is 14.3 Å². The van der Waals surface area contributed by atoms with Crippen LogP contribution in [-0.2, 0) is 12.6 Å². The molecule has 7 nitrogen and oxygen atoms in total. The van der Waals surface area contributed by atoms with Crippen LogP contribution in [0, 0.1) is 10.1 Å². The number of carbonyl (C=O) groups is 1. The van der Waals surface area contributed by atoms with Gasteiger partial charge in [-0.3, -0.25) is 14.9 Å². The van der Waals surface area contributed by atoms with Crippen molar-refractivity contribution in [2.75, 3.05) is 25.5 Å². The molecule has 0 aliphatic heterocycles. The Bertz CT molecular complexity index is 835. The van der Waals surface area contributed by atoms with Gasteiger partial charge in [0.1, 0.15) is 0 Å². The van der Waals surface area contributed by atoms with Crippen molar-refractivity contribution in [2.24, 2.45) is 4.99 Å². The van der Waals surface area contributed by atoms with Gasteiger partial charge in [-0.15, -0.1) is 0 Å². The summed E-state index contributed by atoms with van der Waals surface area (Å²) in [5.41, 5.74) is 1.06. The number of non-ortho nitro benzene ring substituents is 1. The summed E-state index contributed by atoms with van der Waals surface area (Å²) in [7, 11) is 3.84.